The maximum absolute atomic E-state index is 12.3. The van der Waals surface area contributed by atoms with Gasteiger partial charge in [-0.1, -0.05) is 42.5 Å². The average molecular weight is 316 g/mol. The van der Waals surface area contributed by atoms with Gasteiger partial charge in [0.15, 0.2) is 0 Å². The van der Waals surface area contributed by atoms with Gasteiger partial charge in [-0.2, -0.15) is 0 Å². The molecule has 1 aromatic rings. The average Bonchev–Trinajstić information content (AvgIpc) is 2.60. The van der Waals surface area contributed by atoms with E-state index in [9.17, 15) is 14.4 Å². The number of carbonyl (C=O) groups excluding carboxylic acids is 3. The molecule has 0 unspecified atom stereocenters. The third-order valence-corrected chi connectivity index (χ3v) is 3.64. The predicted molar refractivity (Wildman–Crippen MR) is 84.4 cm³/mol. The number of rotatable bonds is 4. The molecule has 0 aromatic heterocycles. The lowest BCUT2D eigenvalue weighted by atomic mass is 9.94. The van der Waals surface area contributed by atoms with Crippen LogP contribution in [-0.4, -0.2) is 25.0 Å². The zero-order valence-corrected chi connectivity index (χ0v) is 13.0. The van der Waals surface area contributed by atoms with Crippen LogP contribution < -0.4 is 10.6 Å². The molecule has 1 aromatic carbocycles. The standard InChI is InChI=1S/C17H20N2O4/c1-18-17(22)19-15(20)14(12-8-4-2-5-9-12)23-16(21)13-10-6-3-7-11-13/h2-6,8-9,13-14H,7,10-11H2,1H3,(H2,18,19,20,22)/t13-,14+/m0/s1. The second-order valence-corrected chi connectivity index (χ2v) is 5.28. The lowest BCUT2D eigenvalue weighted by Gasteiger charge is -2.22. The maximum Gasteiger partial charge on any atom is 0.321 e. The summed E-state index contributed by atoms with van der Waals surface area (Å²) in [4.78, 5) is 35.9. The number of hydrogen-bond acceptors (Lipinski definition) is 4. The molecule has 1 aliphatic rings. The van der Waals surface area contributed by atoms with Crippen LogP contribution in [0.1, 0.15) is 30.9 Å². The molecule has 3 amide bonds. The highest BCUT2D eigenvalue weighted by Gasteiger charge is 2.29. The van der Waals surface area contributed by atoms with E-state index < -0.39 is 24.0 Å². The third-order valence-electron chi connectivity index (χ3n) is 3.64. The maximum atomic E-state index is 12.3. The topological polar surface area (TPSA) is 84.5 Å². The van der Waals surface area contributed by atoms with E-state index in [-0.39, 0.29) is 5.92 Å². The van der Waals surface area contributed by atoms with E-state index in [0.29, 0.717) is 18.4 Å². The SMILES string of the molecule is CNC(=O)NC(=O)[C@H](OC(=O)[C@H]1CC=CCC1)c1ccccc1. The van der Waals surface area contributed by atoms with E-state index in [4.69, 9.17) is 4.74 Å². The van der Waals surface area contributed by atoms with E-state index in [1.54, 1.807) is 30.3 Å². The first kappa shape index (κ1) is 16.7. The molecule has 0 saturated heterocycles. The second-order valence-electron chi connectivity index (χ2n) is 5.28. The Bertz CT molecular complexity index is 598. The zero-order chi connectivity index (χ0) is 16.7. The minimum atomic E-state index is -1.15. The number of nitrogens with one attached hydrogen (secondary N) is 2. The number of hydrogen-bond donors (Lipinski definition) is 2. The molecule has 0 heterocycles. The van der Waals surface area contributed by atoms with Gasteiger partial charge in [0, 0.05) is 12.6 Å². The monoisotopic (exact) mass is 316 g/mol. The van der Waals surface area contributed by atoms with Gasteiger partial charge >= 0.3 is 12.0 Å². The molecular weight excluding hydrogens is 296 g/mol. The molecule has 23 heavy (non-hydrogen) atoms. The summed E-state index contributed by atoms with van der Waals surface area (Å²) in [5.41, 5.74) is 0.522. The van der Waals surface area contributed by atoms with E-state index >= 15 is 0 Å². The van der Waals surface area contributed by atoms with Crippen LogP contribution in [0.15, 0.2) is 42.5 Å². The van der Waals surface area contributed by atoms with Crippen molar-refractivity contribution in [3.63, 3.8) is 0 Å². The summed E-state index contributed by atoms with van der Waals surface area (Å²) in [6.07, 6.45) is 4.95. The van der Waals surface area contributed by atoms with Crippen LogP contribution in [0.2, 0.25) is 0 Å². The van der Waals surface area contributed by atoms with Gasteiger partial charge in [0.2, 0.25) is 6.10 Å². The number of esters is 1. The van der Waals surface area contributed by atoms with Gasteiger partial charge in [0.05, 0.1) is 5.92 Å². The summed E-state index contributed by atoms with van der Waals surface area (Å²) in [5.74, 6) is -1.34. The van der Waals surface area contributed by atoms with Crippen molar-refractivity contribution >= 4 is 17.9 Å². The number of allylic oxidation sites excluding steroid dienone is 2. The Hall–Kier alpha value is -2.63. The minimum Gasteiger partial charge on any atom is -0.447 e. The molecule has 0 aliphatic heterocycles. The molecule has 122 valence electrons. The minimum absolute atomic E-state index is 0.251. The Kier molecular flexibility index (Phi) is 5.91. The fourth-order valence-electron chi connectivity index (χ4n) is 2.36. The van der Waals surface area contributed by atoms with Crippen molar-refractivity contribution in [2.24, 2.45) is 5.92 Å². The van der Waals surface area contributed by atoms with E-state index in [2.05, 4.69) is 10.6 Å². The number of benzene rings is 1. The summed E-state index contributed by atoms with van der Waals surface area (Å²) >= 11 is 0. The lowest BCUT2D eigenvalue weighted by molar-refractivity contribution is -0.160. The summed E-state index contributed by atoms with van der Waals surface area (Å²) in [7, 11) is 1.40. The molecule has 0 saturated carbocycles. The van der Waals surface area contributed by atoms with Crippen molar-refractivity contribution in [1.29, 1.82) is 0 Å². The summed E-state index contributed by atoms with van der Waals surface area (Å²) in [6.45, 7) is 0. The summed E-state index contributed by atoms with van der Waals surface area (Å²) in [6, 6.07) is 8.00. The van der Waals surface area contributed by atoms with Crippen LogP contribution in [0, 0.1) is 5.92 Å². The smallest absolute Gasteiger partial charge is 0.321 e. The fourth-order valence-corrected chi connectivity index (χ4v) is 2.36. The Morgan fingerprint density at radius 2 is 1.91 bits per heavy atom. The summed E-state index contributed by atoms with van der Waals surface area (Å²) < 4.78 is 5.42. The van der Waals surface area contributed by atoms with Gasteiger partial charge < -0.3 is 10.1 Å². The van der Waals surface area contributed by atoms with Gasteiger partial charge in [-0.15, -0.1) is 0 Å². The van der Waals surface area contributed by atoms with Gasteiger partial charge in [0.25, 0.3) is 5.91 Å². The van der Waals surface area contributed by atoms with Crippen molar-refractivity contribution in [2.75, 3.05) is 7.05 Å². The molecule has 2 N–H and O–H groups in total. The molecule has 0 spiro atoms. The predicted octanol–water partition coefficient (Wildman–Crippen LogP) is 2.08. The second kappa shape index (κ2) is 8.12. The van der Waals surface area contributed by atoms with Crippen LogP contribution in [0.3, 0.4) is 0 Å². The fraction of sp³-hybridized carbons (Fsp3) is 0.353. The Morgan fingerprint density at radius 1 is 1.17 bits per heavy atom. The first-order valence-electron chi connectivity index (χ1n) is 7.55. The molecule has 0 radical (unpaired) electrons. The van der Waals surface area contributed by atoms with Gasteiger partial charge in [0.1, 0.15) is 0 Å². The number of ether oxygens (including phenoxy) is 1. The number of carbonyl (C=O) groups is 3. The Balaban J connectivity index is 2.13. The van der Waals surface area contributed by atoms with Gasteiger partial charge in [-0.05, 0) is 19.3 Å². The highest BCUT2D eigenvalue weighted by atomic mass is 16.5. The molecular formula is C17H20N2O4. The molecule has 6 nitrogen and oxygen atoms in total. The van der Waals surface area contributed by atoms with Crippen molar-refractivity contribution in [3.8, 4) is 0 Å². The third kappa shape index (κ3) is 4.67. The van der Waals surface area contributed by atoms with E-state index in [0.717, 1.165) is 6.42 Å². The van der Waals surface area contributed by atoms with Crippen molar-refractivity contribution in [2.45, 2.75) is 25.4 Å². The molecule has 2 rings (SSSR count). The lowest BCUT2D eigenvalue weighted by Crippen LogP contribution is -2.41. The highest BCUT2D eigenvalue weighted by Crippen LogP contribution is 2.24. The quantitative estimate of drug-likeness (QED) is 0.658. The van der Waals surface area contributed by atoms with Crippen molar-refractivity contribution in [1.82, 2.24) is 10.6 Å². The van der Waals surface area contributed by atoms with Gasteiger partial charge in [-0.25, -0.2) is 4.79 Å². The number of urea groups is 1. The molecule has 1 aliphatic carbocycles. The molecule has 0 fully saturated rings. The first-order chi connectivity index (χ1) is 11.1. The normalized spacial score (nSPS) is 17.9. The van der Waals surface area contributed by atoms with Crippen molar-refractivity contribution in [3.05, 3.63) is 48.0 Å². The van der Waals surface area contributed by atoms with Crippen LogP contribution in [-0.2, 0) is 14.3 Å². The Morgan fingerprint density at radius 3 is 2.52 bits per heavy atom. The first-order valence-corrected chi connectivity index (χ1v) is 7.55. The van der Waals surface area contributed by atoms with Crippen LogP contribution in [0.4, 0.5) is 4.79 Å². The van der Waals surface area contributed by atoms with Crippen LogP contribution in [0.5, 0.6) is 0 Å². The molecule has 2 atom stereocenters. The van der Waals surface area contributed by atoms with Crippen molar-refractivity contribution < 1.29 is 19.1 Å². The molecule has 0 bridgehead atoms. The molecule has 6 heteroatoms. The number of amides is 3. The highest BCUT2D eigenvalue weighted by molar-refractivity contribution is 5.97. The summed E-state index contributed by atoms with van der Waals surface area (Å²) in [5, 5.41) is 4.45. The number of imide groups is 1. The zero-order valence-electron chi connectivity index (χ0n) is 13.0. The van der Waals surface area contributed by atoms with Gasteiger partial charge in [-0.3, -0.25) is 14.9 Å². The van der Waals surface area contributed by atoms with Crippen LogP contribution in [0.25, 0.3) is 0 Å². The van der Waals surface area contributed by atoms with Crippen LogP contribution >= 0.6 is 0 Å². The Labute approximate surface area is 134 Å². The van der Waals surface area contributed by atoms with E-state index in [1.807, 2.05) is 12.2 Å². The van der Waals surface area contributed by atoms with E-state index in [1.165, 1.54) is 7.05 Å². The largest absolute Gasteiger partial charge is 0.447 e.